The number of thiazole rings is 1. The molecule has 0 aliphatic heterocycles. The highest BCUT2D eigenvalue weighted by Gasteiger charge is 2.21. The molecule has 0 aliphatic rings. The quantitative estimate of drug-likeness (QED) is 0.267. The van der Waals surface area contributed by atoms with Gasteiger partial charge >= 0.3 is 0 Å². The summed E-state index contributed by atoms with van der Waals surface area (Å²) in [5.74, 6) is 0.378. The Labute approximate surface area is 214 Å². The zero-order valence-electron chi connectivity index (χ0n) is 19.8. The van der Waals surface area contributed by atoms with Gasteiger partial charge in [-0.05, 0) is 47.0 Å². The fourth-order valence-corrected chi connectivity index (χ4v) is 5.81. The molecule has 174 valence electrons. The van der Waals surface area contributed by atoms with Gasteiger partial charge in [-0.1, -0.05) is 85.8 Å². The number of hydrogen-bond donors (Lipinski definition) is 1. The molecule has 2 heterocycles. The van der Waals surface area contributed by atoms with E-state index in [4.69, 9.17) is 4.98 Å². The van der Waals surface area contributed by atoms with E-state index in [1.807, 2.05) is 36.5 Å². The topological polar surface area (TPSA) is 46.0 Å². The number of pyridine rings is 1. The predicted octanol–water partition coefficient (Wildman–Crippen LogP) is 8.55. The van der Waals surface area contributed by atoms with Gasteiger partial charge in [-0.15, -0.1) is 11.3 Å². The first-order valence-electron chi connectivity index (χ1n) is 12.0. The van der Waals surface area contributed by atoms with Crippen molar-refractivity contribution in [2.75, 3.05) is 0 Å². The van der Waals surface area contributed by atoms with Crippen LogP contribution in [0.25, 0.3) is 43.2 Å². The molecule has 0 bridgehead atoms. The van der Waals surface area contributed by atoms with Gasteiger partial charge in [0.2, 0.25) is 0 Å². The monoisotopic (exact) mass is 484 g/mol. The van der Waals surface area contributed by atoms with Crippen molar-refractivity contribution in [2.24, 2.45) is 0 Å². The summed E-state index contributed by atoms with van der Waals surface area (Å²) in [4.78, 5) is 9.61. The molecule has 0 spiro atoms. The third-order valence-corrected chi connectivity index (χ3v) is 7.65. The van der Waals surface area contributed by atoms with Crippen molar-refractivity contribution in [3.63, 3.8) is 0 Å². The maximum absolute atomic E-state index is 11.0. The lowest BCUT2D eigenvalue weighted by atomic mass is 9.89. The Bertz CT molecular complexity index is 1660. The predicted molar refractivity (Wildman–Crippen MR) is 149 cm³/mol. The van der Waals surface area contributed by atoms with Crippen molar-refractivity contribution in [2.45, 2.75) is 12.8 Å². The van der Waals surface area contributed by atoms with Gasteiger partial charge in [0, 0.05) is 23.2 Å². The molecule has 0 radical (unpaired) electrons. The van der Waals surface area contributed by atoms with E-state index in [1.165, 1.54) is 5.56 Å². The molecule has 0 saturated carbocycles. The molecule has 3 nitrogen and oxygen atoms in total. The molecule has 1 N–H and O–H groups in total. The van der Waals surface area contributed by atoms with Crippen LogP contribution in [0.2, 0.25) is 0 Å². The van der Waals surface area contributed by atoms with Crippen LogP contribution in [-0.2, 0) is 0 Å². The summed E-state index contributed by atoms with van der Waals surface area (Å²) in [6.45, 7) is 2.18. The number of rotatable bonds is 5. The molecule has 4 aromatic carbocycles. The van der Waals surface area contributed by atoms with Gasteiger partial charge < -0.3 is 5.11 Å². The maximum Gasteiger partial charge on any atom is 0.128 e. The van der Waals surface area contributed by atoms with Crippen molar-refractivity contribution in [1.29, 1.82) is 0 Å². The Hall–Kier alpha value is -4.28. The zero-order valence-corrected chi connectivity index (χ0v) is 20.6. The van der Waals surface area contributed by atoms with Crippen molar-refractivity contribution >= 4 is 21.6 Å². The summed E-state index contributed by atoms with van der Waals surface area (Å²) in [6.07, 6.45) is 1.82. The molecule has 1 unspecified atom stereocenters. The molecular formula is C32H24N2OS. The minimum absolute atomic E-state index is 0.120. The second-order valence-electron chi connectivity index (χ2n) is 8.84. The third-order valence-electron chi connectivity index (χ3n) is 6.61. The second kappa shape index (κ2) is 9.40. The average molecular weight is 485 g/mol. The van der Waals surface area contributed by atoms with E-state index in [0.29, 0.717) is 0 Å². The van der Waals surface area contributed by atoms with Crippen LogP contribution in [0.4, 0.5) is 0 Å². The fourth-order valence-electron chi connectivity index (χ4n) is 4.74. The van der Waals surface area contributed by atoms with Gasteiger partial charge in [0.15, 0.2) is 0 Å². The number of fused-ring (bicyclic) bond motifs is 1. The average Bonchev–Trinajstić information content (AvgIpc) is 3.37. The first kappa shape index (κ1) is 22.2. The number of phenols is 1. The van der Waals surface area contributed by atoms with Crippen LogP contribution in [0, 0.1) is 0 Å². The molecule has 0 aliphatic carbocycles. The highest BCUT2D eigenvalue weighted by molar-refractivity contribution is 7.21. The van der Waals surface area contributed by atoms with E-state index in [0.717, 1.165) is 48.7 Å². The normalized spacial score (nSPS) is 12.0. The smallest absolute Gasteiger partial charge is 0.128 e. The van der Waals surface area contributed by atoms with Gasteiger partial charge in [-0.3, -0.25) is 4.98 Å². The van der Waals surface area contributed by atoms with Crippen LogP contribution in [0.15, 0.2) is 115 Å². The van der Waals surface area contributed by atoms with E-state index in [9.17, 15) is 5.11 Å². The molecule has 6 rings (SSSR count). The Morgan fingerprint density at radius 2 is 1.53 bits per heavy atom. The Balaban J connectivity index is 1.48. The van der Waals surface area contributed by atoms with Crippen LogP contribution >= 0.6 is 11.3 Å². The minimum Gasteiger partial charge on any atom is -0.507 e. The molecular weight excluding hydrogens is 460 g/mol. The number of hydrogen-bond acceptors (Lipinski definition) is 4. The van der Waals surface area contributed by atoms with Crippen molar-refractivity contribution in [3.8, 4) is 38.7 Å². The van der Waals surface area contributed by atoms with Crippen LogP contribution in [0.1, 0.15) is 24.0 Å². The summed E-state index contributed by atoms with van der Waals surface area (Å²) in [5.41, 5.74) is 8.20. The van der Waals surface area contributed by atoms with E-state index < -0.39 is 0 Å². The minimum atomic E-state index is 0.120. The molecule has 2 aromatic heterocycles. The van der Waals surface area contributed by atoms with Crippen LogP contribution in [0.5, 0.6) is 5.75 Å². The zero-order chi connectivity index (χ0) is 24.5. The number of nitrogens with zero attached hydrogens (tertiary/aromatic N) is 2. The van der Waals surface area contributed by atoms with Crippen molar-refractivity contribution in [1.82, 2.24) is 9.97 Å². The Kier molecular flexibility index (Phi) is 5.80. The second-order valence-corrected chi connectivity index (χ2v) is 9.87. The molecule has 4 heteroatoms. The van der Waals surface area contributed by atoms with E-state index in [1.54, 1.807) is 17.4 Å². The first-order chi connectivity index (χ1) is 17.7. The van der Waals surface area contributed by atoms with E-state index in [2.05, 4.69) is 84.7 Å². The number of phenolic OH excluding ortho intramolecular Hbond substituents is 1. The van der Waals surface area contributed by atoms with Gasteiger partial charge in [0.1, 0.15) is 10.8 Å². The Morgan fingerprint density at radius 3 is 2.36 bits per heavy atom. The lowest BCUT2D eigenvalue weighted by Gasteiger charge is -2.17. The molecule has 6 aromatic rings. The first-order valence-corrected chi connectivity index (χ1v) is 12.8. The standard InChI is InChI=1S/C32H24N2OS/c1-21(22-10-3-2-4-11-22)25-14-8-17-28(35)30(25)32-34-31-26(15-9-18-29(31)36-32)23-12-7-13-24(20-23)27-16-5-6-19-33-27/h2-21,35H,1H3. The highest BCUT2D eigenvalue weighted by atomic mass is 32.1. The SMILES string of the molecule is CC(c1ccccc1)c1cccc(O)c1-c1nc2c(-c3cccc(-c4ccccn4)c3)cccc2s1. The number of para-hydroxylation sites is 1. The molecule has 0 saturated heterocycles. The lowest BCUT2D eigenvalue weighted by Crippen LogP contribution is -1.99. The highest BCUT2D eigenvalue weighted by Crippen LogP contribution is 2.43. The van der Waals surface area contributed by atoms with Crippen molar-refractivity contribution < 1.29 is 5.11 Å². The van der Waals surface area contributed by atoms with E-state index in [-0.39, 0.29) is 11.7 Å². The maximum atomic E-state index is 11.0. The van der Waals surface area contributed by atoms with E-state index >= 15 is 0 Å². The summed E-state index contributed by atoms with van der Waals surface area (Å²) < 4.78 is 1.09. The Morgan fingerprint density at radius 1 is 0.750 bits per heavy atom. The van der Waals surface area contributed by atoms with Gasteiger partial charge in [0.25, 0.3) is 0 Å². The van der Waals surface area contributed by atoms with Gasteiger partial charge in [0.05, 0.1) is 21.5 Å². The van der Waals surface area contributed by atoms with Gasteiger partial charge in [-0.2, -0.15) is 0 Å². The lowest BCUT2D eigenvalue weighted by molar-refractivity contribution is 0.476. The molecule has 36 heavy (non-hydrogen) atoms. The van der Waals surface area contributed by atoms with Crippen LogP contribution in [-0.4, -0.2) is 15.1 Å². The summed E-state index contributed by atoms with van der Waals surface area (Å²) >= 11 is 1.62. The summed E-state index contributed by atoms with van der Waals surface area (Å²) in [7, 11) is 0. The summed E-state index contributed by atoms with van der Waals surface area (Å²) in [6, 6.07) is 36.8. The molecule has 1 atom stereocenters. The number of benzene rings is 4. The molecule has 0 amide bonds. The van der Waals surface area contributed by atoms with Crippen molar-refractivity contribution in [3.05, 3.63) is 127 Å². The third kappa shape index (κ3) is 4.06. The largest absolute Gasteiger partial charge is 0.507 e. The number of aromatic hydroxyl groups is 1. The number of aromatic nitrogens is 2. The molecule has 0 fully saturated rings. The van der Waals surface area contributed by atoms with Crippen LogP contribution < -0.4 is 0 Å². The summed E-state index contributed by atoms with van der Waals surface area (Å²) in [5, 5.41) is 11.8. The van der Waals surface area contributed by atoms with Gasteiger partial charge in [-0.25, -0.2) is 4.98 Å². The van der Waals surface area contributed by atoms with Crippen LogP contribution in [0.3, 0.4) is 0 Å². The fraction of sp³-hybridized carbons (Fsp3) is 0.0625.